The molecule has 1 aromatic heterocycles. The van der Waals surface area contributed by atoms with Gasteiger partial charge in [0.2, 0.25) is 0 Å². The molecule has 0 unspecified atom stereocenters. The van der Waals surface area contributed by atoms with Crippen LogP contribution >= 0.6 is 23.5 Å². The maximum Gasteiger partial charge on any atom is 0.408 e. The standard InChI is InChI=1S/C17H18ClF3N2OS/c1-3-22-11-14(9-10-15(22)24)25-23(4-2)16(17(19,20)21)12-5-7-13(18)8-6-12/h5-11,16H,3-4H2,1-2H3/t16-/m1/s1. The summed E-state index contributed by atoms with van der Waals surface area (Å²) in [5, 5.41) is 0.385. The van der Waals surface area contributed by atoms with Crippen molar-refractivity contribution in [1.82, 2.24) is 8.87 Å². The molecular weight excluding hydrogens is 373 g/mol. The lowest BCUT2D eigenvalue weighted by Gasteiger charge is -2.31. The zero-order valence-electron chi connectivity index (χ0n) is 13.8. The van der Waals surface area contributed by atoms with Gasteiger partial charge >= 0.3 is 6.18 Å². The molecular formula is C17H18ClF3N2OS. The quantitative estimate of drug-likeness (QED) is 0.637. The Morgan fingerprint density at radius 3 is 2.32 bits per heavy atom. The fourth-order valence-corrected chi connectivity index (χ4v) is 3.59. The van der Waals surface area contributed by atoms with Gasteiger partial charge in [-0.25, -0.2) is 4.31 Å². The summed E-state index contributed by atoms with van der Waals surface area (Å²) in [5.41, 5.74) is -0.0602. The van der Waals surface area contributed by atoms with Crippen LogP contribution in [-0.2, 0) is 6.54 Å². The molecule has 0 aliphatic rings. The van der Waals surface area contributed by atoms with Gasteiger partial charge in [0.25, 0.3) is 5.56 Å². The Bertz CT molecular complexity index is 762. The molecule has 0 N–H and O–H groups in total. The lowest BCUT2D eigenvalue weighted by atomic mass is 10.1. The summed E-state index contributed by atoms with van der Waals surface area (Å²) < 4.78 is 43.8. The number of hydrogen-bond acceptors (Lipinski definition) is 3. The fraction of sp³-hybridized carbons (Fsp3) is 0.353. The van der Waals surface area contributed by atoms with Crippen molar-refractivity contribution < 1.29 is 13.2 Å². The van der Waals surface area contributed by atoms with E-state index in [9.17, 15) is 18.0 Å². The van der Waals surface area contributed by atoms with Gasteiger partial charge in [0.1, 0.15) is 6.04 Å². The second kappa shape index (κ2) is 8.29. The highest BCUT2D eigenvalue weighted by Crippen LogP contribution is 2.42. The molecule has 2 aromatic rings. The molecule has 0 saturated heterocycles. The first-order valence-corrected chi connectivity index (χ1v) is 8.88. The summed E-state index contributed by atoms with van der Waals surface area (Å²) in [6.07, 6.45) is -2.87. The van der Waals surface area contributed by atoms with Gasteiger partial charge in [-0.1, -0.05) is 30.7 Å². The van der Waals surface area contributed by atoms with Crippen LogP contribution in [0.15, 0.2) is 52.3 Å². The van der Waals surface area contributed by atoms with Crippen LogP contribution in [0.4, 0.5) is 13.2 Å². The van der Waals surface area contributed by atoms with Gasteiger partial charge in [-0.15, -0.1) is 0 Å². The summed E-state index contributed by atoms with van der Waals surface area (Å²) >= 11 is 6.77. The normalized spacial score (nSPS) is 13.2. The highest BCUT2D eigenvalue weighted by molar-refractivity contribution is 7.97. The predicted molar refractivity (Wildman–Crippen MR) is 94.9 cm³/mol. The van der Waals surface area contributed by atoms with E-state index in [1.54, 1.807) is 20.0 Å². The van der Waals surface area contributed by atoms with Crippen LogP contribution in [0, 0.1) is 0 Å². The molecule has 0 aliphatic carbocycles. The first kappa shape index (κ1) is 19.9. The monoisotopic (exact) mass is 390 g/mol. The molecule has 1 aromatic carbocycles. The Balaban J connectivity index is 2.37. The van der Waals surface area contributed by atoms with Gasteiger partial charge in [-0.3, -0.25) is 4.79 Å². The van der Waals surface area contributed by atoms with E-state index in [1.165, 1.54) is 45.3 Å². The Morgan fingerprint density at radius 2 is 1.80 bits per heavy atom. The van der Waals surface area contributed by atoms with Crippen molar-refractivity contribution in [2.45, 2.75) is 37.5 Å². The number of aromatic nitrogens is 1. The number of aryl methyl sites for hydroxylation is 1. The van der Waals surface area contributed by atoms with Crippen LogP contribution in [-0.4, -0.2) is 21.6 Å². The molecule has 0 aliphatic heterocycles. The van der Waals surface area contributed by atoms with Crippen LogP contribution in [0.5, 0.6) is 0 Å². The average molecular weight is 391 g/mol. The van der Waals surface area contributed by atoms with E-state index in [-0.39, 0.29) is 17.7 Å². The van der Waals surface area contributed by atoms with Crippen molar-refractivity contribution in [3.05, 3.63) is 63.5 Å². The molecule has 136 valence electrons. The molecule has 0 spiro atoms. The molecule has 8 heteroatoms. The average Bonchev–Trinajstić information content (AvgIpc) is 2.56. The molecule has 0 fully saturated rings. The van der Waals surface area contributed by atoms with Crippen molar-refractivity contribution in [2.24, 2.45) is 0 Å². The molecule has 0 radical (unpaired) electrons. The maximum absolute atomic E-state index is 13.7. The summed E-state index contributed by atoms with van der Waals surface area (Å²) in [6.45, 7) is 4.10. The second-order valence-electron chi connectivity index (χ2n) is 5.31. The molecule has 3 nitrogen and oxygen atoms in total. The molecule has 2 rings (SSSR count). The van der Waals surface area contributed by atoms with Gasteiger partial charge < -0.3 is 4.57 Å². The van der Waals surface area contributed by atoms with E-state index in [1.807, 2.05) is 0 Å². The fourth-order valence-electron chi connectivity index (χ4n) is 2.41. The molecule has 25 heavy (non-hydrogen) atoms. The number of nitrogens with zero attached hydrogens (tertiary/aromatic N) is 2. The van der Waals surface area contributed by atoms with Crippen molar-refractivity contribution in [1.29, 1.82) is 0 Å². The number of alkyl halides is 3. The number of pyridine rings is 1. The van der Waals surface area contributed by atoms with Crippen molar-refractivity contribution in [2.75, 3.05) is 6.54 Å². The third-order valence-corrected chi connectivity index (χ3v) is 5.02. The number of halogens is 4. The Labute approximate surface area is 153 Å². The minimum atomic E-state index is -4.45. The molecule has 1 heterocycles. The van der Waals surface area contributed by atoms with Gasteiger partial charge in [0.05, 0.1) is 0 Å². The predicted octanol–water partition coefficient (Wildman–Crippen LogP) is 5.15. The van der Waals surface area contributed by atoms with Crippen LogP contribution in [0.2, 0.25) is 5.02 Å². The highest BCUT2D eigenvalue weighted by Gasteiger charge is 2.44. The van der Waals surface area contributed by atoms with Gasteiger partial charge in [0.15, 0.2) is 0 Å². The first-order valence-electron chi connectivity index (χ1n) is 7.73. The second-order valence-corrected chi connectivity index (χ2v) is 6.87. The third kappa shape index (κ3) is 5.03. The minimum Gasteiger partial charge on any atom is -0.315 e. The van der Waals surface area contributed by atoms with E-state index in [0.717, 1.165) is 11.9 Å². The molecule has 0 amide bonds. The lowest BCUT2D eigenvalue weighted by molar-refractivity contribution is -0.172. The van der Waals surface area contributed by atoms with Gasteiger partial charge in [-0.05, 0) is 42.6 Å². The highest BCUT2D eigenvalue weighted by atomic mass is 35.5. The van der Waals surface area contributed by atoms with E-state index >= 15 is 0 Å². The van der Waals surface area contributed by atoms with Crippen LogP contribution in [0.1, 0.15) is 25.5 Å². The molecule has 0 saturated carbocycles. The summed E-state index contributed by atoms with van der Waals surface area (Å²) in [7, 11) is 0. The zero-order valence-corrected chi connectivity index (χ0v) is 15.3. The van der Waals surface area contributed by atoms with Crippen LogP contribution in [0.3, 0.4) is 0 Å². The molecule has 0 bridgehead atoms. The van der Waals surface area contributed by atoms with Gasteiger partial charge in [0, 0.05) is 35.3 Å². The Kier molecular flexibility index (Phi) is 6.59. The summed E-state index contributed by atoms with van der Waals surface area (Å²) in [4.78, 5) is 12.2. The summed E-state index contributed by atoms with van der Waals surface area (Å²) in [5.74, 6) is 0. The number of benzene rings is 1. The largest absolute Gasteiger partial charge is 0.408 e. The minimum absolute atomic E-state index is 0.120. The molecule has 1 atom stereocenters. The lowest BCUT2D eigenvalue weighted by Crippen LogP contribution is -2.34. The topological polar surface area (TPSA) is 25.2 Å². The first-order chi connectivity index (χ1) is 11.8. The van der Waals surface area contributed by atoms with Crippen LogP contribution < -0.4 is 5.56 Å². The maximum atomic E-state index is 13.7. The number of rotatable bonds is 6. The SMILES string of the molecule is CCN(Sc1ccc(=O)n(CC)c1)[C@H](c1ccc(Cl)cc1)C(F)(F)F. The summed E-state index contributed by atoms with van der Waals surface area (Å²) in [6, 6.07) is 6.80. The van der Waals surface area contributed by atoms with E-state index in [4.69, 9.17) is 11.6 Å². The van der Waals surface area contributed by atoms with Crippen molar-refractivity contribution in [3.8, 4) is 0 Å². The Morgan fingerprint density at radius 1 is 1.16 bits per heavy atom. The van der Waals surface area contributed by atoms with E-state index in [2.05, 4.69) is 0 Å². The van der Waals surface area contributed by atoms with Crippen molar-refractivity contribution in [3.63, 3.8) is 0 Å². The number of hydrogen-bond donors (Lipinski definition) is 0. The Hall–Kier alpha value is -1.44. The smallest absolute Gasteiger partial charge is 0.315 e. The third-order valence-electron chi connectivity index (χ3n) is 3.62. The van der Waals surface area contributed by atoms with Crippen molar-refractivity contribution >= 4 is 23.5 Å². The van der Waals surface area contributed by atoms with Gasteiger partial charge in [-0.2, -0.15) is 13.2 Å². The van der Waals surface area contributed by atoms with Crippen LogP contribution in [0.25, 0.3) is 0 Å². The van der Waals surface area contributed by atoms with E-state index in [0.29, 0.717) is 16.5 Å². The zero-order chi connectivity index (χ0) is 18.6. The van der Waals surface area contributed by atoms with E-state index < -0.39 is 12.2 Å².